The Balaban J connectivity index is 1.48. The predicted octanol–water partition coefficient (Wildman–Crippen LogP) is 5.06. The summed E-state index contributed by atoms with van der Waals surface area (Å²) in [7, 11) is 0. The van der Waals surface area contributed by atoms with Crippen LogP contribution in [0.1, 0.15) is 24.4 Å². The van der Waals surface area contributed by atoms with Crippen LogP contribution in [0.3, 0.4) is 0 Å². The van der Waals surface area contributed by atoms with Crippen LogP contribution < -0.4 is 5.32 Å². The summed E-state index contributed by atoms with van der Waals surface area (Å²) in [5, 5.41) is 7.29. The first-order valence-corrected chi connectivity index (χ1v) is 10.2. The number of fused-ring (bicyclic) bond motifs is 2. The fourth-order valence-electron chi connectivity index (χ4n) is 3.39. The third kappa shape index (κ3) is 3.85. The van der Waals surface area contributed by atoms with E-state index in [-0.39, 0.29) is 11.9 Å². The maximum Gasteiger partial charge on any atom is 0.230 e. The maximum absolute atomic E-state index is 12.6. The van der Waals surface area contributed by atoms with Crippen LogP contribution in [-0.2, 0) is 4.79 Å². The molecule has 1 amide bonds. The van der Waals surface area contributed by atoms with E-state index < -0.39 is 0 Å². The largest absolute Gasteiger partial charge is 0.349 e. The Morgan fingerprint density at radius 1 is 0.964 bits per heavy atom. The number of aryl methyl sites for hydroxylation is 1. The molecular formula is C23H21N3OS. The third-order valence-corrected chi connectivity index (χ3v) is 5.68. The van der Waals surface area contributed by atoms with Gasteiger partial charge in [0, 0.05) is 5.39 Å². The molecule has 0 aliphatic heterocycles. The Labute approximate surface area is 168 Å². The quantitative estimate of drug-likeness (QED) is 0.384. The summed E-state index contributed by atoms with van der Waals surface area (Å²) in [5.41, 5.74) is 2.03. The van der Waals surface area contributed by atoms with Crippen LogP contribution in [0, 0.1) is 6.92 Å². The van der Waals surface area contributed by atoms with Gasteiger partial charge in [0.1, 0.15) is 10.9 Å². The number of carbonyl (C=O) groups excluding carboxylic acids is 1. The van der Waals surface area contributed by atoms with Gasteiger partial charge in [-0.15, -0.1) is 0 Å². The van der Waals surface area contributed by atoms with Crippen molar-refractivity contribution in [3.63, 3.8) is 0 Å². The van der Waals surface area contributed by atoms with Crippen molar-refractivity contribution >= 4 is 39.3 Å². The molecule has 3 aromatic carbocycles. The number of rotatable bonds is 5. The van der Waals surface area contributed by atoms with Gasteiger partial charge < -0.3 is 5.32 Å². The molecular weight excluding hydrogens is 366 g/mol. The Kier molecular flexibility index (Phi) is 5.26. The van der Waals surface area contributed by atoms with Crippen LogP contribution >= 0.6 is 11.8 Å². The number of aromatic nitrogens is 2. The van der Waals surface area contributed by atoms with Gasteiger partial charge in [-0.2, -0.15) is 0 Å². The molecule has 0 aliphatic carbocycles. The van der Waals surface area contributed by atoms with E-state index in [1.807, 2.05) is 56.3 Å². The van der Waals surface area contributed by atoms with Gasteiger partial charge in [-0.3, -0.25) is 4.79 Å². The monoisotopic (exact) mass is 387 g/mol. The molecule has 1 unspecified atom stereocenters. The summed E-state index contributed by atoms with van der Waals surface area (Å²) < 4.78 is 0. The fraction of sp³-hybridized carbons (Fsp3) is 0.174. The Morgan fingerprint density at radius 2 is 1.68 bits per heavy atom. The Hall–Kier alpha value is -2.92. The second-order valence-electron chi connectivity index (χ2n) is 6.74. The van der Waals surface area contributed by atoms with Crippen LogP contribution in [0.2, 0.25) is 0 Å². The van der Waals surface area contributed by atoms with Gasteiger partial charge >= 0.3 is 0 Å². The van der Waals surface area contributed by atoms with Crippen LogP contribution in [0.4, 0.5) is 0 Å². The number of hydrogen-bond acceptors (Lipinski definition) is 4. The number of para-hydroxylation sites is 1. The summed E-state index contributed by atoms with van der Waals surface area (Å²) in [4.78, 5) is 21.6. The SMILES string of the molecule is Cc1nc(SCC(=O)NC(C)c2cccc3ccccc23)c2ccccc2n1. The van der Waals surface area contributed by atoms with E-state index in [0.717, 1.165) is 21.5 Å². The molecule has 28 heavy (non-hydrogen) atoms. The van der Waals surface area contributed by atoms with E-state index in [2.05, 4.69) is 39.6 Å². The smallest absolute Gasteiger partial charge is 0.230 e. The molecule has 0 saturated carbocycles. The second-order valence-corrected chi connectivity index (χ2v) is 7.70. The molecule has 0 spiro atoms. The number of amides is 1. The lowest BCUT2D eigenvalue weighted by atomic mass is 10.00. The van der Waals surface area contributed by atoms with Crippen molar-refractivity contribution in [2.75, 3.05) is 5.75 Å². The predicted molar refractivity (Wildman–Crippen MR) is 116 cm³/mol. The first-order chi connectivity index (χ1) is 13.6. The molecule has 4 aromatic rings. The van der Waals surface area contributed by atoms with Gasteiger partial charge in [-0.25, -0.2) is 9.97 Å². The van der Waals surface area contributed by atoms with Gasteiger partial charge in [-0.1, -0.05) is 72.4 Å². The summed E-state index contributed by atoms with van der Waals surface area (Å²) >= 11 is 1.45. The minimum absolute atomic E-state index is 0.00854. The average molecular weight is 388 g/mol. The number of benzene rings is 3. The lowest BCUT2D eigenvalue weighted by Crippen LogP contribution is -2.28. The van der Waals surface area contributed by atoms with Gasteiger partial charge in [-0.05, 0) is 36.2 Å². The average Bonchev–Trinajstić information content (AvgIpc) is 2.71. The molecule has 1 atom stereocenters. The molecule has 0 bridgehead atoms. The minimum atomic E-state index is -0.0666. The van der Waals surface area contributed by atoms with Gasteiger partial charge in [0.2, 0.25) is 5.91 Å². The zero-order valence-corrected chi connectivity index (χ0v) is 16.7. The molecule has 0 radical (unpaired) electrons. The van der Waals surface area contributed by atoms with Crippen LogP contribution in [0.5, 0.6) is 0 Å². The van der Waals surface area contributed by atoms with E-state index in [9.17, 15) is 4.79 Å². The molecule has 5 heteroatoms. The fourth-order valence-corrected chi connectivity index (χ4v) is 4.27. The number of nitrogens with zero attached hydrogens (tertiary/aromatic N) is 2. The Morgan fingerprint density at radius 3 is 2.54 bits per heavy atom. The van der Waals surface area contributed by atoms with E-state index in [1.165, 1.54) is 22.5 Å². The highest BCUT2D eigenvalue weighted by atomic mass is 32.2. The summed E-state index contributed by atoms with van der Waals surface area (Å²) in [5.74, 6) is 1.02. The summed E-state index contributed by atoms with van der Waals surface area (Å²) in [6, 6.07) is 22.3. The molecule has 1 heterocycles. The van der Waals surface area contributed by atoms with E-state index in [1.54, 1.807) is 0 Å². The molecule has 4 rings (SSSR count). The van der Waals surface area contributed by atoms with Crippen molar-refractivity contribution in [2.24, 2.45) is 0 Å². The number of nitrogens with one attached hydrogen (secondary N) is 1. The van der Waals surface area contributed by atoms with Crippen LogP contribution in [0.25, 0.3) is 21.7 Å². The van der Waals surface area contributed by atoms with Crippen LogP contribution in [-0.4, -0.2) is 21.6 Å². The van der Waals surface area contributed by atoms with E-state index in [0.29, 0.717) is 11.6 Å². The zero-order chi connectivity index (χ0) is 19.5. The minimum Gasteiger partial charge on any atom is -0.349 e. The highest BCUT2D eigenvalue weighted by Crippen LogP contribution is 2.26. The third-order valence-electron chi connectivity index (χ3n) is 4.69. The molecule has 0 fully saturated rings. The molecule has 140 valence electrons. The van der Waals surface area contributed by atoms with Crippen molar-refractivity contribution in [3.05, 3.63) is 78.1 Å². The molecule has 0 aliphatic rings. The lowest BCUT2D eigenvalue weighted by Gasteiger charge is -2.16. The van der Waals surface area contributed by atoms with Crippen molar-refractivity contribution in [1.82, 2.24) is 15.3 Å². The van der Waals surface area contributed by atoms with Crippen molar-refractivity contribution in [1.29, 1.82) is 0 Å². The Bertz CT molecular complexity index is 1150. The van der Waals surface area contributed by atoms with E-state index >= 15 is 0 Å². The molecule has 4 nitrogen and oxygen atoms in total. The van der Waals surface area contributed by atoms with Crippen LogP contribution in [0.15, 0.2) is 71.8 Å². The number of carbonyl (C=O) groups is 1. The summed E-state index contributed by atoms with van der Waals surface area (Å²) in [6.45, 7) is 3.90. The van der Waals surface area contributed by atoms with Gasteiger partial charge in [0.25, 0.3) is 0 Å². The summed E-state index contributed by atoms with van der Waals surface area (Å²) in [6.07, 6.45) is 0. The molecule has 0 saturated heterocycles. The zero-order valence-electron chi connectivity index (χ0n) is 15.8. The maximum atomic E-state index is 12.6. The number of thioether (sulfide) groups is 1. The first kappa shape index (κ1) is 18.4. The van der Waals surface area contributed by atoms with Crippen molar-refractivity contribution < 1.29 is 4.79 Å². The van der Waals surface area contributed by atoms with E-state index in [4.69, 9.17) is 0 Å². The van der Waals surface area contributed by atoms with Gasteiger partial charge in [0.05, 0.1) is 17.3 Å². The highest BCUT2D eigenvalue weighted by molar-refractivity contribution is 8.00. The topological polar surface area (TPSA) is 54.9 Å². The molecule has 1 aromatic heterocycles. The standard InChI is InChI=1S/C23H21N3OS/c1-15(18-12-7-9-17-8-3-4-10-19(17)18)24-22(27)14-28-23-20-11-5-6-13-21(20)25-16(2)26-23/h3-13,15H,14H2,1-2H3,(H,24,27). The normalized spacial score (nSPS) is 12.2. The second kappa shape index (κ2) is 7.98. The van der Waals surface area contributed by atoms with Crippen molar-refractivity contribution in [3.8, 4) is 0 Å². The lowest BCUT2D eigenvalue weighted by molar-refractivity contribution is -0.119. The molecule has 1 N–H and O–H groups in total. The first-order valence-electron chi connectivity index (χ1n) is 9.25. The van der Waals surface area contributed by atoms with Crippen molar-refractivity contribution in [2.45, 2.75) is 24.9 Å². The van der Waals surface area contributed by atoms with Gasteiger partial charge in [0.15, 0.2) is 0 Å². The highest BCUT2D eigenvalue weighted by Gasteiger charge is 2.14. The number of hydrogen-bond donors (Lipinski definition) is 1.